The van der Waals surface area contributed by atoms with E-state index in [0.29, 0.717) is 17.4 Å². The summed E-state index contributed by atoms with van der Waals surface area (Å²) in [4.78, 5) is 37.7. The van der Waals surface area contributed by atoms with Crippen molar-refractivity contribution in [2.75, 3.05) is 47.5 Å². The topological polar surface area (TPSA) is 111 Å². The third kappa shape index (κ3) is 59.2. The molecule has 0 heterocycles. The molecule has 0 rings (SSSR count). The molecule has 0 saturated carbocycles. The van der Waals surface area contributed by atoms with Crippen LogP contribution in [0.1, 0.15) is 296 Å². The Bertz CT molecular complexity index is 1390. The Hall–Kier alpha value is -2.03. The van der Waals surface area contributed by atoms with E-state index >= 15 is 0 Å². The van der Waals surface area contributed by atoms with Crippen LogP contribution in [0.4, 0.5) is 0 Å². The maximum absolute atomic E-state index is 12.8. The van der Waals surface area contributed by atoms with Crippen LogP contribution in [0.2, 0.25) is 0 Å². The van der Waals surface area contributed by atoms with Crippen LogP contribution >= 0.6 is 7.82 Å². The summed E-state index contributed by atoms with van der Waals surface area (Å²) < 4.78 is 34.1. The Balaban J connectivity index is 3.85. The molecule has 0 aliphatic carbocycles. The highest BCUT2D eigenvalue weighted by Gasteiger charge is 2.22. The van der Waals surface area contributed by atoms with Crippen molar-refractivity contribution in [1.82, 2.24) is 0 Å². The molecule has 0 spiro atoms. The van der Waals surface area contributed by atoms with E-state index in [1.54, 1.807) is 0 Å². The number of hydrogen-bond acceptors (Lipinski definition) is 8. The molecular weight excluding hydrogens is 942 g/mol. The molecule has 0 N–H and O–H groups in total. The Morgan fingerprint density at radius 3 is 1.14 bits per heavy atom. The van der Waals surface area contributed by atoms with E-state index in [9.17, 15) is 19.0 Å². The van der Waals surface area contributed by atoms with Gasteiger partial charge < -0.3 is 27.9 Å². The monoisotopic (exact) mass is 1060 g/mol. The lowest BCUT2D eigenvalue weighted by atomic mass is 10.0. The molecule has 0 bridgehead atoms. The zero-order valence-electron chi connectivity index (χ0n) is 49.3. The third-order valence-corrected chi connectivity index (χ3v) is 14.8. The number of nitrogens with zero attached hydrogens (tertiary/aromatic N) is 1. The fraction of sp³-hybridized carbons (Fsp3) is 0.844. The highest BCUT2D eigenvalue weighted by atomic mass is 31.2. The molecule has 0 aromatic heterocycles. The number of ether oxygens (including phenoxy) is 2. The van der Waals surface area contributed by atoms with Crippen LogP contribution in [-0.2, 0) is 32.7 Å². The zero-order valence-corrected chi connectivity index (χ0v) is 50.2. The summed E-state index contributed by atoms with van der Waals surface area (Å²) >= 11 is 0. The first-order chi connectivity index (χ1) is 36.0. The fourth-order valence-electron chi connectivity index (χ4n) is 8.94. The number of phosphoric acid groups is 1. The molecule has 434 valence electrons. The summed E-state index contributed by atoms with van der Waals surface area (Å²) in [5.41, 5.74) is 0. The second-order valence-corrected chi connectivity index (χ2v) is 23.8. The number of rotatable bonds is 58. The first kappa shape index (κ1) is 72.0. The summed E-state index contributed by atoms with van der Waals surface area (Å²) in [5, 5.41) is 0. The predicted molar refractivity (Wildman–Crippen MR) is 314 cm³/mol. The Morgan fingerprint density at radius 2 is 0.743 bits per heavy atom. The summed E-state index contributed by atoms with van der Waals surface area (Å²) in [6.45, 7) is 4.20. The lowest BCUT2D eigenvalue weighted by molar-refractivity contribution is -0.870. The van der Waals surface area contributed by atoms with Crippen molar-refractivity contribution < 1.29 is 42.1 Å². The minimum atomic E-state index is -4.63. The van der Waals surface area contributed by atoms with Gasteiger partial charge in [-0.2, -0.15) is 0 Å². The number of allylic oxidation sites excluding steroid dienone is 8. The van der Waals surface area contributed by atoms with Gasteiger partial charge in [0.05, 0.1) is 27.7 Å². The van der Waals surface area contributed by atoms with Gasteiger partial charge in [0.15, 0.2) is 6.10 Å². The van der Waals surface area contributed by atoms with E-state index in [-0.39, 0.29) is 32.0 Å². The van der Waals surface area contributed by atoms with E-state index in [2.05, 4.69) is 62.5 Å². The molecule has 0 saturated heterocycles. The Kier molecular flexibility index (Phi) is 54.2. The molecule has 0 aliphatic heterocycles. The second kappa shape index (κ2) is 55.7. The van der Waals surface area contributed by atoms with Gasteiger partial charge in [-0.25, -0.2) is 0 Å². The summed E-state index contributed by atoms with van der Waals surface area (Å²) in [6.07, 6.45) is 70.6. The maximum Gasteiger partial charge on any atom is 0.306 e. The number of likely N-dealkylation sites (N-methyl/N-ethyl adjacent to an activating group) is 1. The van der Waals surface area contributed by atoms with Crippen LogP contribution in [0.15, 0.2) is 48.6 Å². The van der Waals surface area contributed by atoms with Crippen molar-refractivity contribution in [2.45, 2.75) is 302 Å². The number of unbranched alkanes of at least 4 members (excludes halogenated alkanes) is 36. The minimum absolute atomic E-state index is 0.0307. The zero-order chi connectivity index (χ0) is 54.2. The van der Waals surface area contributed by atoms with Gasteiger partial charge in [0, 0.05) is 12.8 Å². The molecule has 0 aliphatic rings. The Labute approximate surface area is 458 Å². The molecule has 0 amide bonds. The van der Waals surface area contributed by atoms with Gasteiger partial charge in [0.1, 0.15) is 19.8 Å². The minimum Gasteiger partial charge on any atom is -0.756 e. The molecular formula is C64H120NO8P. The van der Waals surface area contributed by atoms with Gasteiger partial charge in [0.2, 0.25) is 0 Å². The number of phosphoric ester groups is 1. The Morgan fingerprint density at radius 1 is 0.419 bits per heavy atom. The first-order valence-electron chi connectivity index (χ1n) is 31.3. The number of carbonyl (C=O) groups excluding carboxylic acids is 2. The SMILES string of the molecule is CCCC/C=C\CCCCCCCC(=O)OCC(COP(=O)([O-])OCC[N+](C)(C)C)OC(=O)CCCCCCCCCCCCCCCCCCCCCCCCCC/C=C\C/C=C\C/C=C\CCCCCCC. The third-order valence-electron chi connectivity index (χ3n) is 13.8. The van der Waals surface area contributed by atoms with Crippen molar-refractivity contribution in [3.05, 3.63) is 48.6 Å². The van der Waals surface area contributed by atoms with Crippen molar-refractivity contribution >= 4 is 19.8 Å². The van der Waals surface area contributed by atoms with E-state index in [1.165, 1.54) is 193 Å². The average Bonchev–Trinajstić information content (AvgIpc) is 3.36. The fourth-order valence-corrected chi connectivity index (χ4v) is 9.67. The van der Waals surface area contributed by atoms with Gasteiger partial charge in [-0.15, -0.1) is 0 Å². The number of carbonyl (C=O) groups is 2. The van der Waals surface area contributed by atoms with Crippen LogP contribution in [0.5, 0.6) is 0 Å². The van der Waals surface area contributed by atoms with Crippen molar-refractivity contribution in [1.29, 1.82) is 0 Å². The molecule has 0 aromatic rings. The van der Waals surface area contributed by atoms with Crippen molar-refractivity contribution in [3.8, 4) is 0 Å². The summed E-state index contributed by atoms with van der Waals surface area (Å²) in [5.74, 6) is -0.834. The molecule has 0 fully saturated rings. The molecule has 2 unspecified atom stereocenters. The lowest BCUT2D eigenvalue weighted by Crippen LogP contribution is -2.37. The molecule has 9 nitrogen and oxygen atoms in total. The second-order valence-electron chi connectivity index (χ2n) is 22.4. The highest BCUT2D eigenvalue weighted by Crippen LogP contribution is 2.38. The summed E-state index contributed by atoms with van der Waals surface area (Å²) in [7, 11) is 1.17. The van der Waals surface area contributed by atoms with E-state index in [0.717, 1.165) is 70.6 Å². The van der Waals surface area contributed by atoms with Gasteiger partial charge in [-0.3, -0.25) is 14.2 Å². The molecule has 10 heteroatoms. The average molecular weight is 1060 g/mol. The van der Waals surface area contributed by atoms with Gasteiger partial charge in [0.25, 0.3) is 7.82 Å². The van der Waals surface area contributed by atoms with Gasteiger partial charge in [-0.1, -0.05) is 262 Å². The lowest BCUT2D eigenvalue weighted by Gasteiger charge is -2.28. The van der Waals surface area contributed by atoms with Gasteiger partial charge >= 0.3 is 11.9 Å². The van der Waals surface area contributed by atoms with E-state index < -0.39 is 26.5 Å². The first-order valence-corrected chi connectivity index (χ1v) is 32.8. The van der Waals surface area contributed by atoms with Crippen molar-refractivity contribution in [2.24, 2.45) is 0 Å². The van der Waals surface area contributed by atoms with Gasteiger partial charge in [-0.05, 0) is 70.6 Å². The van der Waals surface area contributed by atoms with Crippen LogP contribution in [0, 0.1) is 0 Å². The maximum atomic E-state index is 12.8. The molecule has 2 atom stereocenters. The largest absolute Gasteiger partial charge is 0.756 e. The summed E-state index contributed by atoms with van der Waals surface area (Å²) in [6, 6.07) is 0. The van der Waals surface area contributed by atoms with Crippen LogP contribution in [0.25, 0.3) is 0 Å². The standard InChI is InChI=1S/C64H120NO8P/c1-6-8-10-12-14-16-18-19-20-21-22-23-24-25-26-27-28-29-30-31-32-33-34-35-36-37-38-39-40-41-42-43-44-45-47-49-51-53-55-57-64(67)73-62(61-72-74(68,69)71-59-58-65(3,4)5)60-70-63(66)56-54-52-50-48-46-17-15-13-11-9-7-2/h13,15,18-19,21-22,24-25,62H,6-12,14,16-17,20,23,26-61H2,1-5H3/b15-13-,19-18-,22-21-,25-24-. The molecule has 74 heavy (non-hydrogen) atoms. The van der Waals surface area contributed by atoms with Crippen molar-refractivity contribution in [3.63, 3.8) is 0 Å². The molecule has 0 aromatic carbocycles. The number of esters is 2. The normalized spacial score (nSPS) is 13.5. The predicted octanol–water partition coefficient (Wildman–Crippen LogP) is 19.1. The molecule has 0 radical (unpaired) electrons. The number of hydrogen-bond donors (Lipinski definition) is 0. The smallest absolute Gasteiger partial charge is 0.306 e. The highest BCUT2D eigenvalue weighted by molar-refractivity contribution is 7.45. The van der Waals surface area contributed by atoms with Crippen LogP contribution in [0.3, 0.4) is 0 Å². The van der Waals surface area contributed by atoms with Crippen LogP contribution < -0.4 is 4.89 Å². The number of quaternary nitrogens is 1. The van der Waals surface area contributed by atoms with E-state index in [1.807, 2.05) is 21.1 Å². The van der Waals surface area contributed by atoms with Crippen LogP contribution in [-0.4, -0.2) is 70.0 Å². The quantitative estimate of drug-likeness (QED) is 0.0195. The van der Waals surface area contributed by atoms with E-state index in [4.69, 9.17) is 18.5 Å².